The van der Waals surface area contributed by atoms with E-state index in [4.69, 9.17) is 0 Å². The quantitative estimate of drug-likeness (QED) is 0.667. The van der Waals surface area contributed by atoms with Gasteiger partial charge >= 0.3 is 0 Å². The lowest BCUT2D eigenvalue weighted by Crippen LogP contribution is -2.30. The minimum Gasteiger partial charge on any atom is -0.294 e. The molecule has 3 heterocycles. The van der Waals surface area contributed by atoms with Crippen molar-refractivity contribution in [1.82, 2.24) is 24.5 Å². The van der Waals surface area contributed by atoms with Gasteiger partial charge in [0.2, 0.25) is 10.0 Å². The third-order valence-corrected chi connectivity index (χ3v) is 5.59. The summed E-state index contributed by atoms with van der Waals surface area (Å²) in [5.74, 6) is 0.323. The first-order valence-corrected chi connectivity index (χ1v) is 9.94. The van der Waals surface area contributed by atoms with Crippen LogP contribution in [-0.4, -0.2) is 34.2 Å². The summed E-state index contributed by atoms with van der Waals surface area (Å²) in [7, 11) is -3.63. The molecule has 2 N–H and O–H groups in total. The van der Waals surface area contributed by atoms with Crippen LogP contribution >= 0.6 is 0 Å². The number of rotatable bonds is 6. The summed E-state index contributed by atoms with van der Waals surface area (Å²) in [6.45, 7) is 5.30. The first-order chi connectivity index (χ1) is 12.8. The van der Waals surface area contributed by atoms with Crippen LogP contribution in [0.3, 0.4) is 0 Å². The Bertz CT molecular complexity index is 1080. The van der Waals surface area contributed by atoms with Gasteiger partial charge in [-0.05, 0) is 44.5 Å². The van der Waals surface area contributed by atoms with Crippen LogP contribution in [0.4, 0.5) is 0 Å². The number of H-pyrrole nitrogens is 1. The Morgan fingerprint density at radius 2 is 2.00 bits per heavy atom. The summed E-state index contributed by atoms with van der Waals surface area (Å²) >= 11 is 0. The third kappa shape index (κ3) is 4.15. The fourth-order valence-electron chi connectivity index (χ4n) is 2.70. The van der Waals surface area contributed by atoms with Crippen LogP contribution in [0.15, 0.2) is 52.5 Å². The molecular formula is C18H21N5O3S. The number of aromatic amines is 1. The SMILES string of the molecule is Cc1[nH]n(-c2ccc(S(=O)(=O)NC(C)C)cn2)c(=O)c1Cc1cccnc1. The Morgan fingerprint density at radius 1 is 1.22 bits per heavy atom. The lowest BCUT2D eigenvalue weighted by Gasteiger charge is -2.09. The average molecular weight is 387 g/mol. The molecule has 0 amide bonds. The number of nitrogens with zero attached hydrogens (tertiary/aromatic N) is 3. The topological polar surface area (TPSA) is 110 Å². The number of aryl methyl sites for hydroxylation is 1. The van der Waals surface area contributed by atoms with E-state index < -0.39 is 10.0 Å². The van der Waals surface area contributed by atoms with Crippen molar-refractivity contribution in [2.24, 2.45) is 0 Å². The monoisotopic (exact) mass is 387 g/mol. The minimum absolute atomic E-state index is 0.0480. The zero-order valence-electron chi connectivity index (χ0n) is 15.3. The van der Waals surface area contributed by atoms with Gasteiger partial charge in [0, 0.05) is 42.3 Å². The van der Waals surface area contributed by atoms with Crippen LogP contribution in [-0.2, 0) is 16.4 Å². The van der Waals surface area contributed by atoms with Gasteiger partial charge in [0.05, 0.1) is 0 Å². The number of sulfonamides is 1. The van der Waals surface area contributed by atoms with Gasteiger partial charge in [-0.3, -0.25) is 14.9 Å². The lowest BCUT2D eigenvalue weighted by atomic mass is 10.1. The van der Waals surface area contributed by atoms with Gasteiger partial charge in [-0.15, -0.1) is 0 Å². The lowest BCUT2D eigenvalue weighted by molar-refractivity contribution is 0.569. The number of hydrogen-bond acceptors (Lipinski definition) is 5. The number of pyridine rings is 2. The van der Waals surface area contributed by atoms with E-state index in [0.29, 0.717) is 17.8 Å². The molecule has 0 aliphatic rings. The van der Waals surface area contributed by atoms with Crippen molar-refractivity contribution < 1.29 is 8.42 Å². The van der Waals surface area contributed by atoms with Crippen LogP contribution in [0.2, 0.25) is 0 Å². The zero-order valence-corrected chi connectivity index (χ0v) is 16.1. The molecule has 0 saturated carbocycles. The molecule has 0 bridgehead atoms. The Balaban J connectivity index is 1.92. The fourth-order valence-corrected chi connectivity index (χ4v) is 3.90. The number of hydrogen-bond donors (Lipinski definition) is 2. The van der Waals surface area contributed by atoms with Crippen LogP contribution < -0.4 is 10.3 Å². The average Bonchev–Trinajstić information content (AvgIpc) is 2.90. The smallest absolute Gasteiger partial charge is 0.276 e. The summed E-state index contributed by atoms with van der Waals surface area (Å²) in [6.07, 6.45) is 5.09. The van der Waals surface area contributed by atoms with Gasteiger partial charge < -0.3 is 0 Å². The standard InChI is InChI=1S/C18H21N5O3S/c1-12(2)22-27(25,26)15-6-7-17(20-11-15)23-18(24)16(13(3)21-23)9-14-5-4-8-19-10-14/h4-8,10-12,21-22H,9H2,1-3H3. The predicted molar refractivity (Wildman–Crippen MR) is 101 cm³/mol. The van der Waals surface area contributed by atoms with Crippen LogP contribution in [0.5, 0.6) is 0 Å². The Hall–Kier alpha value is -2.78. The second-order valence-corrected chi connectivity index (χ2v) is 8.24. The Morgan fingerprint density at radius 3 is 2.59 bits per heavy atom. The Labute approximate surface area is 157 Å². The van der Waals surface area contributed by atoms with Crippen molar-refractivity contribution in [3.8, 4) is 5.82 Å². The maximum atomic E-state index is 12.8. The molecule has 0 fully saturated rings. The van der Waals surface area contributed by atoms with E-state index in [1.807, 2.05) is 19.1 Å². The molecule has 0 unspecified atom stereocenters. The first-order valence-electron chi connectivity index (χ1n) is 8.46. The molecule has 3 rings (SSSR count). The molecular weight excluding hydrogens is 366 g/mol. The molecule has 0 aliphatic carbocycles. The number of aromatic nitrogens is 4. The van der Waals surface area contributed by atoms with Crippen LogP contribution in [0.1, 0.15) is 30.7 Å². The van der Waals surface area contributed by atoms with E-state index in [9.17, 15) is 13.2 Å². The van der Waals surface area contributed by atoms with E-state index in [1.54, 1.807) is 26.2 Å². The maximum absolute atomic E-state index is 12.8. The van der Waals surface area contributed by atoms with Gasteiger partial charge in [0.1, 0.15) is 4.90 Å². The van der Waals surface area contributed by atoms with E-state index in [0.717, 1.165) is 11.3 Å². The molecule has 0 aliphatic heterocycles. The third-order valence-electron chi connectivity index (χ3n) is 3.95. The molecule has 3 aromatic rings. The van der Waals surface area contributed by atoms with Crippen molar-refractivity contribution in [1.29, 1.82) is 0 Å². The highest BCUT2D eigenvalue weighted by atomic mass is 32.2. The molecule has 3 aromatic heterocycles. The summed E-state index contributed by atoms with van der Waals surface area (Å²) in [5, 5.41) is 3.00. The molecule has 0 radical (unpaired) electrons. The normalized spacial score (nSPS) is 11.9. The molecule has 9 heteroatoms. The molecule has 0 atom stereocenters. The summed E-state index contributed by atoms with van der Waals surface area (Å²) < 4.78 is 28.2. The highest BCUT2D eigenvalue weighted by Crippen LogP contribution is 2.13. The Kier molecular flexibility index (Phi) is 5.24. The molecule has 0 saturated heterocycles. The summed E-state index contributed by atoms with van der Waals surface area (Å²) in [6, 6.07) is 6.43. The predicted octanol–water partition coefficient (Wildman–Crippen LogP) is 1.54. The second-order valence-electron chi connectivity index (χ2n) is 6.52. The van der Waals surface area contributed by atoms with Gasteiger partial charge in [-0.1, -0.05) is 6.07 Å². The first kappa shape index (κ1) is 19.0. The molecule has 0 aromatic carbocycles. The van der Waals surface area contributed by atoms with Gasteiger partial charge in [0.15, 0.2) is 5.82 Å². The largest absolute Gasteiger partial charge is 0.294 e. The molecule has 8 nitrogen and oxygen atoms in total. The maximum Gasteiger partial charge on any atom is 0.276 e. The molecule has 27 heavy (non-hydrogen) atoms. The van der Waals surface area contributed by atoms with Crippen molar-refractivity contribution in [2.75, 3.05) is 0 Å². The minimum atomic E-state index is -3.63. The van der Waals surface area contributed by atoms with Gasteiger partial charge in [-0.25, -0.2) is 22.8 Å². The molecule has 142 valence electrons. The zero-order chi connectivity index (χ0) is 19.6. The van der Waals surface area contributed by atoms with Gasteiger partial charge in [-0.2, -0.15) is 0 Å². The second kappa shape index (κ2) is 7.45. The van der Waals surface area contributed by atoms with E-state index in [1.165, 1.54) is 23.0 Å². The molecule has 0 spiro atoms. The van der Waals surface area contributed by atoms with Crippen molar-refractivity contribution in [3.05, 3.63) is 70.0 Å². The van der Waals surface area contributed by atoms with Crippen molar-refractivity contribution >= 4 is 10.0 Å². The fraction of sp³-hybridized carbons (Fsp3) is 0.278. The van der Waals surface area contributed by atoms with Crippen molar-refractivity contribution in [2.45, 2.75) is 38.1 Å². The van der Waals surface area contributed by atoms with Crippen molar-refractivity contribution in [3.63, 3.8) is 0 Å². The van der Waals surface area contributed by atoms with E-state index in [2.05, 4.69) is 19.8 Å². The number of nitrogens with one attached hydrogen (secondary N) is 2. The van der Waals surface area contributed by atoms with Crippen LogP contribution in [0, 0.1) is 6.92 Å². The summed E-state index contributed by atoms with van der Waals surface area (Å²) in [5.41, 5.74) is 2.05. The summed E-state index contributed by atoms with van der Waals surface area (Å²) in [4.78, 5) is 21.0. The highest BCUT2D eigenvalue weighted by Gasteiger charge is 2.17. The van der Waals surface area contributed by atoms with Crippen LogP contribution in [0.25, 0.3) is 5.82 Å². The van der Waals surface area contributed by atoms with Gasteiger partial charge in [0.25, 0.3) is 5.56 Å². The van der Waals surface area contributed by atoms with E-state index >= 15 is 0 Å². The highest BCUT2D eigenvalue weighted by molar-refractivity contribution is 7.89. The van der Waals surface area contributed by atoms with E-state index in [-0.39, 0.29) is 16.5 Å².